The van der Waals surface area contributed by atoms with Crippen LogP contribution in [0.2, 0.25) is 5.02 Å². The number of hydrogen-bond donors (Lipinski definition) is 2. The van der Waals surface area contributed by atoms with E-state index in [0.717, 1.165) is 4.31 Å². The number of carbonyl (C=O) groups is 1. The van der Waals surface area contributed by atoms with Gasteiger partial charge in [0.1, 0.15) is 0 Å². The van der Waals surface area contributed by atoms with Gasteiger partial charge in [0.2, 0.25) is 10.0 Å². The summed E-state index contributed by atoms with van der Waals surface area (Å²) < 4.78 is 24.1. The van der Waals surface area contributed by atoms with E-state index in [1.54, 1.807) is 0 Å². The number of nitrogens with zero attached hydrogens (tertiary/aromatic N) is 1. The number of hydrogen-bond acceptors (Lipinski definition) is 4. The highest BCUT2D eigenvalue weighted by molar-refractivity contribution is 7.93. The molecule has 0 heterocycles. The Kier molecular flexibility index (Phi) is 3.84. The molecule has 8 heteroatoms. The maximum Gasteiger partial charge on any atom is 0.320 e. The molecule has 1 aromatic carbocycles. The summed E-state index contributed by atoms with van der Waals surface area (Å²) in [6.07, 6.45) is 0. The first-order valence-electron chi connectivity index (χ1n) is 4.47. The molecule has 3 N–H and O–H groups in total. The SMILES string of the molecule is CN(c1ccc(Cl)cc1N)S(=O)(=O)CC(=O)O. The van der Waals surface area contributed by atoms with Gasteiger partial charge in [0, 0.05) is 12.1 Å². The molecular formula is C9H11ClN2O4S. The second-order valence-corrected chi connectivity index (χ2v) is 5.76. The maximum absolute atomic E-state index is 11.6. The topological polar surface area (TPSA) is 101 Å². The van der Waals surface area contributed by atoms with Crippen molar-refractivity contribution in [3.8, 4) is 0 Å². The summed E-state index contributed by atoms with van der Waals surface area (Å²) >= 11 is 5.68. The molecule has 17 heavy (non-hydrogen) atoms. The lowest BCUT2D eigenvalue weighted by Crippen LogP contribution is -2.32. The van der Waals surface area contributed by atoms with Crippen LogP contribution in [0, 0.1) is 0 Å². The molecule has 0 aliphatic rings. The average molecular weight is 279 g/mol. The fourth-order valence-electron chi connectivity index (χ4n) is 1.21. The van der Waals surface area contributed by atoms with E-state index < -0.39 is 21.7 Å². The van der Waals surface area contributed by atoms with Crippen molar-refractivity contribution in [3.63, 3.8) is 0 Å². The van der Waals surface area contributed by atoms with Crippen molar-refractivity contribution in [3.05, 3.63) is 23.2 Å². The monoisotopic (exact) mass is 278 g/mol. The smallest absolute Gasteiger partial charge is 0.320 e. The maximum atomic E-state index is 11.6. The van der Waals surface area contributed by atoms with Crippen LogP contribution in [0.3, 0.4) is 0 Å². The molecule has 0 saturated carbocycles. The van der Waals surface area contributed by atoms with Crippen molar-refractivity contribution in [1.29, 1.82) is 0 Å². The predicted octanol–water partition coefficient (Wildman–Crippen LogP) is 0.773. The first-order chi connectivity index (χ1) is 7.74. The molecule has 0 aliphatic heterocycles. The molecule has 0 radical (unpaired) electrons. The molecule has 0 aromatic heterocycles. The highest BCUT2D eigenvalue weighted by atomic mass is 35.5. The summed E-state index contributed by atoms with van der Waals surface area (Å²) in [7, 11) is -2.70. The third-order valence-electron chi connectivity index (χ3n) is 2.05. The second-order valence-electron chi connectivity index (χ2n) is 3.32. The van der Waals surface area contributed by atoms with Gasteiger partial charge in [-0.25, -0.2) is 8.42 Å². The second kappa shape index (κ2) is 4.80. The van der Waals surface area contributed by atoms with Gasteiger partial charge in [-0.05, 0) is 18.2 Å². The van der Waals surface area contributed by atoms with Crippen LogP contribution in [0.5, 0.6) is 0 Å². The summed E-state index contributed by atoms with van der Waals surface area (Å²) in [4.78, 5) is 10.4. The first kappa shape index (κ1) is 13.6. The van der Waals surface area contributed by atoms with Crippen molar-refractivity contribution in [2.75, 3.05) is 22.8 Å². The van der Waals surface area contributed by atoms with Crippen LogP contribution in [-0.2, 0) is 14.8 Å². The normalized spacial score (nSPS) is 11.2. The van der Waals surface area contributed by atoms with Crippen LogP contribution in [-0.4, -0.2) is 32.3 Å². The first-order valence-corrected chi connectivity index (χ1v) is 6.46. The fourth-order valence-corrected chi connectivity index (χ4v) is 2.37. The lowest BCUT2D eigenvalue weighted by atomic mass is 10.3. The zero-order valence-electron chi connectivity index (χ0n) is 8.92. The predicted molar refractivity (Wildman–Crippen MR) is 65.7 cm³/mol. The molecule has 0 atom stereocenters. The van der Waals surface area contributed by atoms with Crippen LogP contribution >= 0.6 is 11.6 Å². The number of nitrogens with two attached hydrogens (primary N) is 1. The summed E-state index contributed by atoms with van der Waals surface area (Å²) in [6, 6.07) is 4.28. The van der Waals surface area contributed by atoms with Gasteiger partial charge in [0.25, 0.3) is 0 Å². The van der Waals surface area contributed by atoms with Gasteiger partial charge in [-0.1, -0.05) is 11.6 Å². The Bertz CT molecular complexity index is 544. The summed E-state index contributed by atoms with van der Waals surface area (Å²) in [5, 5.41) is 8.87. The molecule has 1 rings (SSSR count). The van der Waals surface area contributed by atoms with Gasteiger partial charge in [-0.3, -0.25) is 9.10 Å². The van der Waals surface area contributed by atoms with Gasteiger partial charge >= 0.3 is 5.97 Å². The van der Waals surface area contributed by atoms with Gasteiger partial charge in [-0.2, -0.15) is 0 Å². The van der Waals surface area contributed by atoms with Crippen molar-refractivity contribution in [1.82, 2.24) is 0 Å². The molecular weight excluding hydrogens is 268 g/mol. The Morgan fingerprint density at radius 2 is 2.12 bits per heavy atom. The Labute approximate surface area is 104 Å². The van der Waals surface area contributed by atoms with E-state index in [9.17, 15) is 13.2 Å². The quantitative estimate of drug-likeness (QED) is 0.793. The molecule has 0 fully saturated rings. The summed E-state index contributed by atoms with van der Waals surface area (Å²) in [5.41, 5.74) is 5.96. The van der Waals surface area contributed by atoms with Gasteiger partial charge in [0.15, 0.2) is 5.75 Å². The third kappa shape index (κ3) is 3.24. The number of sulfonamides is 1. The summed E-state index contributed by atoms with van der Waals surface area (Å²) in [5.74, 6) is -2.42. The molecule has 0 saturated heterocycles. The molecule has 94 valence electrons. The minimum absolute atomic E-state index is 0.161. The van der Waals surface area contributed by atoms with E-state index in [0.29, 0.717) is 5.02 Å². The van der Waals surface area contributed by atoms with E-state index in [2.05, 4.69) is 0 Å². The van der Waals surface area contributed by atoms with Crippen molar-refractivity contribution in [2.24, 2.45) is 0 Å². The number of carboxylic acids is 1. The number of nitrogen functional groups attached to an aromatic ring is 1. The van der Waals surface area contributed by atoms with Crippen molar-refractivity contribution < 1.29 is 18.3 Å². The van der Waals surface area contributed by atoms with Crippen molar-refractivity contribution in [2.45, 2.75) is 0 Å². The number of benzene rings is 1. The molecule has 1 aromatic rings. The Balaban J connectivity index is 3.12. The molecule has 0 aliphatic carbocycles. The van der Waals surface area contributed by atoms with Crippen LogP contribution in [0.25, 0.3) is 0 Å². The van der Waals surface area contributed by atoms with E-state index in [1.807, 2.05) is 0 Å². The van der Waals surface area contributed by atoms with E-state index in [4.69, 9.17) is 22.4 Å². The number of halogens is 1. The van der Waals surface area contributed by atoms with Gasteiger partial charge in [0.05, 0.1) is 11.4 Å². The third-order valence-corrected chi connectivity index (χ3v) is 3.93. The molecule has 0 spiro atoms. The number of aliphatic carboxylic acids is 1. The van der Waals surface area contributed by atoms with Crippen LogP contribution in [0.15, 0.2) is 18.2 Å². The van der Waals surface area contributed by atoms with E-state index >= 15 is 0 Å². The van der Waals surface area contributed by atoms with Gasteiger partial charge < -0.3 is 10.8 Å². The Hall–Kier alpha value is -1.47. The van der Waals surface area contributed by atoms with E-state index in [1.165, 1.54) is 25.2 Å². The number of carboxylic acid groups (broad SMARTS) is 1. The van der Waals surface area contributed by atoms with Crippen molar-refractivity contribution >= 4 is 39.0 Å². The molecule has 0 unspecified atom stereocenters. The Morgan fingerprint density at radius 3 is 2.59 bits per heavy atom. The fraction of sp³-hybridized carbons (Fsp3) is 0.222. The molecule has 0 bridgehead atoms. The minimum atomic E-state index is -3.94. The highest BCUT2D eigenvalue weighted by Crippen LogP contribution is 2.27. The largest absolute Gasteiger partial charge is 0.480 e. The lowest BCUT2D eigenvalue weighted by Gasteiger charge is -2.20. The Morgan fingerprint density at radius 1 is 1.53 bits per heavy atom. The standard InChI is InChI=1S/C9H11ClN2O4S/c1-12(17(15,16)5-9(13)14)8-3-2-6(10)4-7(8)11/h2-4H,5,11H2,1H3,(H,13,14). The minimum Gasteiger partial charge on any atom is -0.480 e. The van der Waals surface area contributed by atoms with Gasteiger partial charge in [-0.15, -0.1) is 0 Å². The zero-order valence-corrected chi connectivity index (χ0v) is 10.5. The van der Waals surface area contributed by atoms with E-state index in [-0.39, 0.29) is 11.4 Å². The zero-order chi connectivity index (χ0) is 13.2. The molecule has 6 nitrogen and oxygen atoms in total. The number of anilines is 2. The highest BCUT2D eigenvalue weighted by Gasteiger charge is 2.23. The average Bonchev–Trinajstić information content (AvgIpc) is 2.14. The van der Waals surface area contributed by atoms with Crippen LogP contribution in [0.1, 0.15) is 0 Å². The number of rotatable bonds is 4. The van der Waals surface area contributed by atoms with Crippen LogP contribution in [0.4, 0.5) is 11.4 Å². The van der Waals surface area contributed by atoms with Crippen LogP contribution < -0.4 is 10.0 Å². The molecule has 0 amide bonds. The lowest BCUT2D eigenvalue weighted by molar-refractivity contribution is -0.134. The summed E-state index contributed by atoms with van der Waals surface area (Å²) in [6.45, 7) is 0.